The summed E-state index contributed by atoms with van der Waals surface area (Å²) in [6.45, 7) is 4.02. The molecule has 0 spiro atoms. The molecule has 2 heterocycles. The summed E-state index contributed by atoms with van der Waals surface area (Å²) in [6, 6.07) is 7.67. The van der Waals surface area contributed by atoms with Gasteiger partial charge in [-0.05, 0) is 19.2 Å². The summed E-state index contributed by atoms with van der Waals surface area (Å²) in [5.74, 6) is 0. The van der Waals surface area contributed by atoms with Crippen LogP contribution in [0.4, 0.5) is 0 Å². The Labute approximate surface area is 94.8 Å². The summed E-state index contributed by atoms with van der Waals surface area (Å²) in [4.78, 5) is 6.22. The van der Waals surface area contributed by atoms with Crippen molar-refractivity contribution >= 4 is 11.1 Å². The van der Waals surface area contributed by atoms with E-state index in [1.165, 1.54) is 6.39 Å². The number of oxazole rings is 1. The highest BCUT2D eigenvalue weighted by Gasteiger charge is 2.02. The molecule has 0 atom stereocenters. The van der Waals surface area contributed by atoms with Crippen LogP contribution in [0.3, 0.4) is 0 Å². The van der Waals surface area contributed by atoms with Crippen molar-refractivity contribution in [3.05, 3.63) is 30.7 Å². The van der Waals surface area contributed by atoms with E-state index in [9.17, 15) is 0 Å². The monoisotopic (exact) mass is 220 g/mol. The number of nitrogens with zero attached hydrogens (tertiary/aromatic N) is 2. The largest absolute Gasteiger partial charge is 0.443 e. The number of aromatic nitrogens is 1. The van der Waals surface area contributed by atoms with Gasteiger partial charge >= 0.3 is 0 Å². The fraction of sp³-hybridized carbons (Fsp3) is 0.417. The van der Waals surface area contributed by atoms with Crippen LogP contribution in [0.25, 0.3) is 11.1 Å². The van der Waals surface area contributed by atoms with Crippen LogP contribution in [-0.4, -0.2) is 43.2 Å². The normalized spacial score (nSPS) is 16.8. The van der Waals surface area contributed by atoms with Crippen LogP contribution in [0.15, 0.2) is 35.1 Å². The van der Waals surface area contributed by atoms with Crippen LogP contribution in [-0.2, 0) is 4.74 Å². The summed E-state index contributed by atoms with van der Waals surface area (Å²) in [7, 11) is 2.11. The van der Waals surface area contributed by atoms with Gasteiger partial charge in [-0.1, -0.05) is 12.1 Å². The number of fused-ring (bicyclic) bond motifs is 1. The average Bonchev–Trinajstić information content (AvgIpc) is 2.79. The smallest absolute Gasteiger partial charge is 0.181 e. The van der Waals surface area contributed by atoms with Crippen LogP contribution in [0, 0.1) is 0 Å². The van der Waals surface area contributed by atoms with E-state index in [2.05, 4.69) is 16.9 Å². The molecule has 0 radical (unpaired) electrons. The fourth-order valence-corrected chi connectivity index (χ4v) is 1.46. The highest BCUT2D eigenvalue weighted by Crippen LogP contribution is 2.09. The van der Waals surface area contributed by atoms with E-state index in [0.717, 1.165) is 37.4 Å². The maximum Gasteiger partial charge on any atom is 0.181 e. The number of rotatable bonds is 0. The van der Waals surface area contributed by atoms with Gasteiger partial charge in [-0.3, -0.25) is 0 Å². The van der Waals surface area contributed by atoms with Gasteiger partial charge in [0.1, 0.15) is 5.52 Å². The van der Waals surface area contributed by atoms with Gasteiger partial charge in [-0.15, -0.1) is 0 Å². The summed E-state index contributed by atoms with van der Waals surface area (Å²) in [5.41, 5.74) is 1.76. The van der Waals surface area contributed by atoms with Gasteiger partial charge in [0.2, 0.25) is 0 Å². The van der Waals surface area contributed by atoms with Crippen molar-refractivity contribution in [2.45, 2.75) is 0 Å². The highest BCUT2D eigenvalue weighted by molar-refractivity contribution is 5.71. The first kappa shape index (κ1) is 11.1. The number of morpholine rings is 1. The quantitative estimate of drug-likeness (QED) is 0.678. The van der Waals surface area contributed by atoms with Crippen molar-refractivity contribution < 1.29 is 9.15 Å². The van der Waals surface area contributed by atoms with Crippen molar-refractivity contribution in [2.24, 2.45) is 0 Å². The third kappa shape index (κ3) is 3.05. The second kappa shape index (κ2) is 5.63. The molecule has 0 saturated carbocycles. The third-order valence-corrected chi connectivity index (χ3v) is 2.47. The molecule has 1 fully saturated rings. The molecule has 2 aromatic rings. The summed E-state index contributed by atoms with van der Waals surface area (Å²) >= 11 is 0. The first-order valence-electron chi connectivity index (χ1n) is 5.41. The second-order valence-electron chi connectivity index (χ2n) is 3.74. The van der Waals surface area contributed by atoms with E-state index in [0.29, 0.717) is 0 Å². The third-order valence-electron chi connectivity index (χ3n) is 2.47. The van der Waals surface area contributed by atoms with Gasteiger partial charge < -0.3 is 14.1 Å². The molecular weight excluding hydrogens is 204 g/mol. The number of benzene rings is 1. The van der Waals surface area contributed by atoms with Gasteiger partial charge in [-0.25, -0.2) is 4.98 Å². The molecule has 1 aliphatic heterocycles. The lowest BCUT2D eigenvalue weighted by Gasteiger charge is -2.21. The molecule has 1 saturated heterocycles. The van der Waals surface area contributed by atoms with Crippen molar-refractivity contribution in [2.75, 3.05) is 33.4 Å². The van der Waals surface area contributed by atoms with Crippen LogP contribution in [0.2, 0.25) is 0 Å². The molecule has 3 rings (SSSR count). The van der Waals surface area contributed by atoms with Crippen molar-refractivity contribution in [1.82, 2.24) is 9.88 Å². The predicted molar refractivity (Wildman–Crippen MR) is 62.3 cm³/mol. The van der Waals surface area contributed by atoms with E-state index < -0.39 is 0 Å². The number of hydrogen-bond donors (Lipinski definition) is 0. The Morgan fingerprint density at radius 2 is 1.94 bits per heavy atom. The molecule has 1 aliphatic rings. The molecule has 0 bridgehead atoms. The van der Waals surface area contributed by atoms with Gasteiger partial charge in [-0.2, -0.15) is 0 Å². The topological polar surface area (TPSA) is 38.5 Å². The van der Waals surface area contributed by atoms with E-state index in [4.69, 9.17) is 9.15 Å². The molecule has 1 aromatic carbocycles. The number of ether oxygens (including phenoxy) is 1. The molecule has 4 nitrogen and oxygen atoms in total. The maximum absolute atomic E-state index is 5.10. The zero-order chi connectivity index (χ0) is 11.2. The van der Waals surface area contributed by atoms with Crippen molar-refractivity contribution in [1.29, 1.82) is 0 Å². The lowest BCUT2D eigenvalue weighted by Crippen LogP contribution is -2.32. The highest BCUT2D eigenvalue weighted by atomic mass is 16.5. The Hall–Kier alpha value is -1.39. The predicted octanol–water partition coefficient (Wildman–Crippen LogP) is 1.78. The molecule has 1 aromatic heterocycles. The second-order valence-corrected chi connectivity index (χ2v) is 3.74. The Bertz CT molecular complexity index is 391. The van der Waals surface area contributed by atoms with Crippen LogP contribution in [0.1, 0.15) is 0 Å². The minimum atomic E-state index is 0.845. The molecule has 0 N–H and O–H groups in total. The molecule has 16 heavy (non-hydrogen) atoms. The van der Waals surface area contributed by atoms with E-state index in [1.807, 2.05) is 24.3 Å². The standard InChI is InChI=1S/C7H5NO.C5H11NO/c1-2-4-7-6(3-1)8-5-9-7;1-6-2-4-7-5-3-6/h1-5H;2-5H2,1H3. The number of likely N-dealkylation sites (N-methyl/N-ethyl adjacent to an activating group) is 1. The SMILES string of the molecule is CN1CCOCC1.c1ccc2ocnc2c1. The Kier molecular flexibility index (Phi) is 3.91. The number of para-hydroxylation sites is 2. The van der Waals surface area contributed by atoms with E-state index in [1.54, 1.807) is 0 Å². The molecule has 86 valence electrons. The van der Waals surface area contributed by atoms with E-state index in [-0.39, 0.29) is 0 Å². The van der Waals surface area contributed by atoms with Crippen molar-refractivity contribution in [3.63, 3.8) is 0 Å². The van der Waals surface area contributed by atoms with Crippen LogP contribution >= 0.6 is 0 Å². The summed E-state index contributed by atoms with van der Waals surface area (Å²) < 4.78 is 10.1. The first-order valence-corrected chi connectivity index (χ1v) is 5.41. The minimum absolute atomic E-state index is 0.845. The van der Waals surface area contributed by atoms with Gasteiger partial charge in [0, 0.05) is 13.1 Å². The molecule has 4 heteroatoms. The molecule has 0 aliphatic carbocycles. The minimum Gasteiger partial charge on any atom is -0.443 e. The Morgan fingerprint density at radius 1 is 1.19 bits per heavy atom. The van der Waals surface area contributed by atoms with Crippen LogP contribution < -0.4 is 0 Å². The maximum atomic E-state index is 5.10. The summed E-state index contributed by atoms with van der Waals surface area (Å²) in [5, 5.41) is 0. The van der Waals surface area contributed by atoms with E-state index >= 15 is 0 Å². The Balaban J connectivity index is 0.000000125. The lowest BCUT2D eigenvalue weighted by atomic mass is 10.3. The lowest BCUT2D eigenvalue weighted by molar-refractivity contribution is 0.0503. The van der Waals surface area contributed by atoms with Crippen LogP contribution in [0.5, 0.6) is 0 Å². The molecular formula is C12H16N2O2. The van der Waals surface area contributed by atoms with Gasteiger partial charge in [0.05, 0.1) is 13.2 Å². The van der Waals surface area contributed by atoms with Crippen molar-refractivity contribution in [3.8, 4) is 0 Å². The zero-order valence-electron chi connectivity index (χ0n) is 9.43. The molecule has 0 amide bonds. The van der Waals surface area contributed by atoms with Gasteiger partial charge in [0.25, 0.3) is 0 Å². The van der Waals surface area contributed by atoms with Gasteiger partial charge in [0.15, 0.2) is 12.0 Å². The summed E-state index contributed by atoms with van der Waals surface area (Å²) in [6.07, 6.45) is 1.45. The average molecular weight is 220 g/mol. The molecule has 0 unspecified atom stereocenters. The number of hydrogen-bond acceptors (Lipinski definition) is 4. The Morgan fingerprint density at radius 3 is 2.56 bits per heavy atom. The zero-order valence-corrected chi connectivity index (χ0v) is 9.43. The first-order chi connectivity index (χ1) is 7.86. The fourth-order valence-electron chi connectivity index (χ4n) is 1.46.